The predicted octanol–water partition coefficient (Wildman–Crippen LogP) is 3.42. The number of nitrogens with one attached hydrogen (secondary N) is 1. The zero-order chi connectivity index (χ0) is 14.0. The van der Waals surface area contributed by atoms with Crippen LogP contribution in [-0.4, -0.2) is 5.91 Å². The van der Waals surface area contributed by atoms with Gasteiger partial charge in [0.15, 0.2) is 0 Å². The Kier molecular flexibility index (Phi) is 3.83. The van der Waals surface area contributed by atoms with E-state index in [0.29, 0.717) is 32.7 Å². The van der Waals surface area contributed by atoms with Crippen LogP contribution >= 0.6 is 23.2 Å². The van der Waals surface area contributed by atoms with Gasteiger partial charge in [-0.15, -0.1) is 0 Å². The van der Waals surface area contributed by atoms with Crippen molar-refractivity contribution >= 4 is 46.2 Å². The van der Waals surface area contributed by atoms with Crippen LogP contribution in [0.15, 0.2) is 36.4 Å². The summed E-state index contributed by atoms with van der Waals surface area (Å²) in [4.78, 5) is 11.4. The molecule has 98 valence electrons. The standard InChI is InChI=1S/C13H11Cl2N3O/c14-7-1-4-10(15)12(5-7)18-11-6-8(16)2-3-9(11)13(17)19/h1-6,18H,16H2,(H2,17,19). The minimum Gasteiger partial charge on any atom is -0.399 e. The zero-order valence-corrected chi connectivity index (χ0v) is 11.3. The molecule has 19 heavy (non-hydrogen) atoms. The summed E-state index contributed by atoms with van der Waals surface area (Å²) in [5, 5.41) is 4.01. The summed E-state index contributed by atoms with van der Waals surface area (Å²) in [6.07, 6.45) is 0. The van der Waals surface area contributed by atoms with Gasteiger partial charge >= 0.3 is 0 Å². The summed E-state index contributed by atoms with van der Waals surface area (Å²) in [7, 11) is 0. The predicted molar refractivity (Wildman–Crippen MR) is 79.1 cm³/mol. The molecule has 0 spiro atoms. The minimum atomic E-state index is -0.555. The van der Waals surface area contributed by atoms with E-state index in [1.807, 2.05) is 0 Å². The number of carbonyl (C=O) groups excluding carboxylic acids is 1. The molecule has 0 aliphatic carbocycles. The first kappa shape index (κ1) is 13.5. The number of amides is 1. The highest BCUT2D eigenvalue weighted by molar-refractivity contribution is 6.35. The van der Waals surface area contributed by atoms with E-state index >= 15 is 0 Å². The number of carbonyl (C=O) groups is 1. The molecule has 4 nitrogen and oxygen atoms in total. The zero-order valence-electron chi connectivity index (χ0n) is 9.78. The summed E-state index contributed by atoms with van der Waals surface area (Å²) in [5.74, 6) is -0.555. The van der Waals surface area contributed by atoms with Gasteiger partial charge in [0.1, 0.15) is 0 Å². The Bertz CT molecular complexity index is 644. The first-order valence-corrected chi connectivity index (χ1v) is 6.14. The summed E-state index contributed by atoms with van der Waals surface area (Å²) in [6, 6.07) is 9.74. The summed E-state index contributed by atoms with van der Waals surface area (Å²) < 4.78 is 0. The Hall–Kier alpha value is -1.91. The maximum atomic E-state index is 11.4. The second-order valence-corrected chi connectivity index (χ2v) is 4.76. The van der Waals surface area contributed by atoms with Crippen LogP contribution < -0.4 is 16.8 Å². The van der Waals surface area contributed by atoms with E-state index in [0.717, 1.165) is 0 Å². The van der Waals surface area contributed by atoms with E-state index in [9.17, 15) is 4.79 Å². The van der Waals surface area contributed by atoms with Crippen molar-refractivity contribution in [3.63, 3.8) is 0 Å². The van der Waals surface area contributed by atoms with E-state index < -0.39 is 5.91 Å². The van der Waals surface area contributed by atoms with E-state index in [1.165, 1.54) is 0 Å². The number of nitrogens with two attached hydrogens (primary N) is 2. The summed E-state index contributed by atoms with van der Waals surface area (Å²) in [5.41, 5.74) is 12.9. The van der Waals surface area contributed by atoms with Crippen LogP contribution in [0.4, 0.5) is 17.1 Å². The third-order valence-electron chi connectivity index (χ3n) is 2.51. The van der Waals surface area contributed by atoms with E-state index in [4.69, 9.17) is 34.7 Å². The summed E-state index contributed by atoms with van der Waals surface area (Å²) in [6.45, 7) is 0. The third-order valence-corrected chi connectivity index (χ3v) is 3.07. The highest BCUT2D eigenvalue weighted by atomic mass is 35.5. The molecule has 0 heterocycles. The molecule has 0 bridgehead atoms. The number of hydrogen-bond donors (Lipinski definition) is 3. The lowest BCUT2D eigenvalue weighted by atomic mass is 10.1. The average molecular weight is 296 g/mol. The van der Waals surface area contributed by atoms with Crippen LogP contribution in [0.1, 0.15) is 10.4 Å². The Morgan fingerprint density at radius 1 is 1.05 bits per heavy atom. The third kappa shape index (κ3) is 3.10. The van der Waals surface area contributed by atoms with Crippen molar-refractivity contribution in [2.45, 2.75) is 0 Å². The molecular formula is C13H11Cl2N3O. The number of benzene rings is 2. The van der Waals surface area contributed by atoms with Gasteiger partial charge in [0.2, 0.25) is 0 Å². The Labute approximate surface area is 120 Å². The molecule has 6 heteroatoms. The Morgan fingerprint density at radius 2 is 1.79 bits per heavy atom. The maximum Gasteiger partial charge on any atom is 0.250 e. The minimum absolute atomic E-state index is 0.324. The van der Waals surface area contributed by atoms with Gasteiger partial charge in [0.05, 0.1) is 22.0 Å². The molecule has 0 saturated heterocycles. The van der Waals surface area contributed by atoms with Crippen molar-refractivity contribution in [3.05, 3.63) is 52.0 Å². The van der Waals surface area contributed by atoms with E-state index in [1.54, 1.807) is 36.4 Å². The highest BCUT2D eigenvalue weighted by Gasteiger charge is 2.10. The smallest absolute Gasteiger partial charge is 0.250 e. The highest BCUT2D eigenvalue weighted by Crippen LogP contribution is 2.30. The van der Waals surface area contributed by atoms with Gasteiger partial charge in [-0.25, -0.2) is 0 Å². The molecule has 0 radical (unpaired) electrons. The average Bonchev–Trinajstić information content (AvgIpc) is 2.33. The van der Waals surface area contributed by atoms with Crippen molar-refractivity contribution in [1.82, 2.24) is 0 Å². The molecule has 0 aliphatic rings. The molecule has 2 aromatic rings. The topological polar surface area (TPSA) is 81.1 Å². The molecule has 0 aromatic heterocycles. The van der Waals surface area contributed by atoms with Gasteiger partial charge in [0.25, 0.3) is 5.91 Å². The molecular weight excluding hydrogens is 285 g/mol. The lowest BCUT2D eigenvalue weighted by molar-refractivity contribution is 0.100. The summed E-state index contributed by atoms with van der Waals surface area (Å²) >= 11 is 12.0. The fourth-order valence-corrected chi connectivity index (χ4v) is 1.96. The van der Waals surface area contributed by atoms with Crippen molar-refractivity contribution in [2.75, 3.05) is 11.1 Å². The lowest BCUT2D eigenvalue weighted by Crippen LogP contribution is -2.13. The van der Waals surface area contributed by atoms with Crippen LogP contribution in [0, 0.1) is 0 Å². The molecule has 2 rings (SSSR count). The number of rotatable bonds is 3. The van der Waals surface area contributed by atoms with Crippen LogP contribution in [0.3, 0.4) is 0 Å². The number of hydrogen-bond acceptors (Lipinski definition) is 3. The lowest BCUT2D eigenvalue weighted by Gasteiger charge is -2.12. The van der Waals surface area contributed by atoms with E-state index in [2.05, 4.69) is 5.32 Å². The molecule has 0 fully saturated rings. The molecule has 2 aromatic carbocycles. The van der Waals surface area contributed by atoms with E-state index in [-0.39, 0.29) is 0 Å². The van der Waals surface area contributed by atoms with Crippen LogP contribution in [0.5, 0.6) is 0 Å². The van der Waals surface area contributed by atoms with Crippen LogP contribution in [-0.2, 0) is 0 Å². The number of halogens is 2. The number of nitrogen functional groups attached to an aromatic ring is 1. The van der Waals surface area contributed by atoms with Crippen LogP contribution in [0.2, 0.25) is 10.0 Å². The van der Waals surface area contributed by atoms with Gasteiger partial charge in [-0.3, -0.25) is 4.79 Å². The first-order valence-electron chi connectivity index (χ1n) is 5.39. The second kappa shape index (κ2) is 5.38. The first-order chi connectivity index (χ1) is 8.97. The molecule has 5 N–H and O–H groups in total. The van der Waals surface area contributed by atoms with Crippen LogP contribution in [0.25, 0.3) is 0 Å². The quantitative estimate of drug-likeness (QED) is 0.759. The Morgan fingerprint density at radius 3 is 2.47 bits per heavy atom. The fourth-order valence-electron chi connectivity index (χ4n) is 1.62. The maximum absolute atomic E-state index is 11.4. The molecule has 1 amide bonds. The SMILES string of the molecule is NC(=O)c1ccc(N)cc1Nc1cc(Cl)ccc1Cl. The van der Waals surface area contributed by atoms with Crippen molar-refractivity contribution in [3.8, 4) is 0 Å². The molecule has 0 unspecified atom stereocenters. The van der Waals surface area contributed by atoms with Crippen molar-refractivity contribution < 1.29 is 4.79 Å². The van der Waals surface area contributed by atoms with Gasteiger partial charge in [0, 0.05) is 10.7 Å². The second-order valence-electron chi connectivity index (χ2n) is 3.92. The van der Waals surface area contributed by atoms with Crippen molar-refractivity contribution in [1.29, 1.82) is 0 Å². The molecule has 0 aliphatic heterocycles. The van der Waals surface area contributed by atoms with Crippen molar-refractivity contribution in [2.24, 2.45) is 5.73 Å². The monoisotopic (exact) mass is 295 g/mol. The molecule has 0 saturated carbocycles. The molecule has 0 atom stereocenters. The largest absolute Gasteiger partial charge is 0.399 e. The number of anilines is 3. The Balaban J connectivity index is 2.45. The van der Waals surface area contributed by atoms with Gasteiger partial charge < -0.3 is 16.8 Å². The van der Waals surface area contributed by atoms with Gasteiger partial charge in [-0.1, -0.05) is 23.2 Å². The fraction of sp³-hybridized carbons (Fsp3) is 0. The van der Waals surface area contributed by atoms with Gasteiger partial charge in [-0.05, 0) is 36.4 Å². The van der Waals surface area contributed by atoms with Gasteiger partial charge in [-0.2, -0.15) is 0 Å². The normalized spacial score (nSPS) is 10.2. The number of primary amides is 1.